The Hall–Kier alpha value is -1.78. The second kappa shape index (κ2) is 5.94. The van der Waals surface area contributed by atoms with Crippen LogP contribution in [0.3, 0.4) is 0 Å². The zero-order valence-corrected chi connectivity index (χ0v) is 14.4. The fourth-order valence-corrected chi connectivity index (χ4v) is 3.87. The summed E-state index contributed by atoms with van der Waals surface area (Å²) in [4.78, 5) is 4.14. The summed E-state index contributed by atoms with van der Waals surface area (Å²) in [6.07, 6.45) is -3.79. The molecule has 1 aliphatic rings. The van der Waals surface area contributed by atoms with Gasteiger partial charge in [0.05, 0.1) is 22.1 Å². The van der Waals surface area contributed by atoms with Gasteiger partial charge in [0, 0.05) is 17.4 Å². The van der Waals surface area contributed by atoms with E-state index in [0.717, 1.165) is 17.1 Å². The number of alkyl halides is 2. The number of ether oxygens (including phenoxy) is 2. The van der Waals surface area contributed by atoms with Gasteiger partial charge in [-0.05, 0) is 12.1 Å². The van der Waals surface area contributed by atoms with Crippen LogP contribution in [0.4, 0.5) is 8.78 Å². The van der Waals surface area contributed by atoms with Crippen molar-refractivity contribution >= 4 is 21.4 Å². The molecule has 10 heteroatoms. The first-order valence-electron chi connectivity index (χ1n) is 7.00. The van der Waals surface area contributed by atoms with Crippen molar-refractivity contribution in [1.82, 2.24) is 9.71 Å². The zero-order chi connectivity index (χ0) is 17.5. The number of hydrogen-bond acceptors (Lipinski definition) is 6. The van der Waals surface area contributed by atoms with E-state index < -0.39 is 16.3 Å². The molecule has 0 aliphatic carbocycles. The highest BCUT2D eigenvalue weighted by molar-refractivity contribution is 7.89. The smallest absolute Gasteiger partial charge is 0.395 e. The van der Waals surface area contributed by atoms with E-state index in [4.69, 9.17) is 0 Å². The molecule has 6 nitrogen and oxygen atoms in total. The maximum atomic E-state index is 13.0. The van der Waals surface area contributed by atoms with Crippen molar-refractivity contribution in [2.45, 2.75) is 37.5 Å². The summed E-state index contributed by atoms with van der Waals surface area (Å²) in [5.41, 5.74) is 0.597. The van der Waals surface area contributed by atoms with Crippen molar-refractivity contribution < 1.29 is 26.7 Å². The van der Waals surface area contributed by atoms with E-state index in [1.54, 1.807) is 5.38 Å². The quantitative estimate of drug-likeness (QED) is 0.868. The number of rotatable bonds is 5. The first-order valence-corrected chi connectivity index (χ1v) is 9.36. The van der Waals surface area contributed by atoms with Gasteiger partial charge in [0.25, 0.3) is 0 Å². The molecular weight excluding hydrogens is 362 g/mol. The Morgan fingerprint density at radius 3 is 2.67 bits per heavy atom. The SMILES string of the molecule is CC(C)c1nc(CNS(=O)(=O)c2ccc3c(c2)OC(F)(F)O3)cs1. The van der Waals surface area contributed by atoms with Crippen LogP contribution in [0.5, 0.6) is 11.5 Å². The van der Waals surface area contributed by atoms with Gasteiger partial charge in [-0.25, -0.2) is 18.1 Å². The molecule has 24 heavy (non-hydrogen) atoms. The molecule has 1 aliphatic heterocycles. The number of benzene rings is 1. The standard InChI is InChI=1S/C14H14F2N2O4S2/c1-8(2)13-18-9(7-23-13)6-17-24(19,20)10-3-4-11-12(5-10)22-14(15,16)21-11/h3-5,7-8,17H,6H2,1-2H3. The molecule has 3 rings (SSSR count). The second-order valence-electron chi connectivity index (χ2n) is 5.43. The van der Waals surface area contributed by atoms with Crippen LogP contribution in [0, 0.1) is 0 Å². The lowest BCUT2D eigenvalue weighted by atomic mass is 10.2. The van der Waals surface area contributed by atoms with Crippen LogP contribution in [-0.2, 0) is 16.6 Å². The van der Waals surface area contributed by atoms with Crippen molar-refractivity contribution in [2.75, 3.05) is 0 Å². The zero-order valence-electron chi connectivity index (χ0n) is 12.7. The molecule has 0 amide bonds. The molecule has 2 aromatic rings. The summed E-state index contributed by atoms with van der Waals surface area (Å²) in [7, 11) is -3.89. The Bertz CT molecular complexity index is 865. The maximum absolute atomic E-state index is 13.0. The number of sulfonamides is 1. The summed E-state index contributed by atoms with van der Waals surface area (Å²) in [5.74, 6) is -0.269. The van der Waals surface area contributed by atoms with Crippen LogP contribution < -0.4 is 14.2 Å². The molecule has 130 valence electrons. The van der Waals surface area contributed by atoms with Crippen molar-refractivity contribution in [2.24, 2.45) is 0 Å². The monoisotopic (exact) mass is 376 g/mol. The van der Waals surface area contributed by atoms with Gasteiger partial charge in [0.15, 0.2) is 11.5 Å². The normalized spacial score (nSPS) is 15.9. The van der Waals surface area contributed by atoms with Crippen molar-refractivity contribution in [1.29, 1.82) is 0 Å². The van der Waals surface area contributed by atoms with E-state index in [1.807, 2.05) is 13.8 Å². The molecule has 0 fully saturated rings. The molecule has 0 saturated carbocycles. The Morgan fingerprint density at radius 2 is 2.00 bits per heavy atom. The summed E-state index contributed by atoms with van der Waals surface area (Å²) in [6.45, 7) is 4.00. The average Bonchev–Trinajstić information content (AvgIpc) is 3.06. The van der Waals surface area contributed by atoms with E-state index in [-0.39, 0.29) is 28.9 Å². The molecule has 0 bridgehead atoms. The van der Waals surface area contributed by atoms with Crippen molar-refractivity contribution in [3.63, 3.8) is 0 Å². The predicted octanol–water partition coefficient (Wildman–Crippen LogP) is 3.07. The van der Waals surface area contributed by atoms with Crippen LogP contribution >= 0.6 is 11.3 Å². The Kier molecular flexibility index (Phi) is 4.22. The highest BCUT2D eigenvalue weighted by atomic mass is 32.2. The van der Waals surface area contributed by atoms with Gasteiger partial charge < -0.3 is 9.47 Å². The lowest BCUT2D eigenvalue weighted by molar-refractivity contribution is -0.286. The van der Waals surface area contributed by atoms with Crippen LogP contribution in [0.1, 0.15) is 30.5 Å². The van der Waals surface area contributed by atoms with E-state index in [2.05, 4.69) is 19.2 Å². The molecule has 2 heterocycles. The largest absolute Gasteiger partial charge is 0.586 e. The lowest BCUT2D eigenvalue weighted by Gasteiger charge is -2.06. The van der Waals surface area contributed by atoms with Gasteiger partial charge in [-0.15, -0.1) is 20.1 Å². The molecule has 0 unspecified atom stereocenters. The number of aromatic nitrogens is 1. The number of hydrogen-bond donors (Lipinski definition) is 1. The van der Waals surface area contributed by atoms with Crippen molar-refractivity contribution in [3.8, 4) is 11.5 Å². The van der Waals surface area contributed by atoms with Crippen LogP contribution in [0.25, 0.3) is 0 Å². The van der Waals surface area contributed by atoms with Gasteiger partial charge in [-0.2, -0.15) is 0 Å². The third kappa shape index (κ3) is 3.50. The minimum atomic E-state index is -3.89. The summed E-state index contributed by atoms with van der Waals surface area (Å²) in [6, 6.07) is 3.30. The highest BCUT2D eigenvalue weighted by Crippen LogP contribution is 2.41. The first kappa shape index (κ1) is 17.1. The van der Waals surface area contributed by atoms with E-state index in [1.165, 1.54) is 17.4 Å². The van der Waals surface area contributed by atoms with Gasteiger partial charge in [0.1, 0.15) is 0 Å². The molecule has 1 N–H and O–H groups in total. The third-order valence-corrected chi connectivity index (χ3v) is 5.78. The first-order chi connectivity index (χ1) is 11.2. The van der Waals surface area contributed by atoms with Gasteiger partial charge in [-0.1, -0.05) is 13.8 Å². The van der Waals surface area contributed by atoms with E-state index in [9.17, 15) is 17.2 Å². The second-order valence-corrected chi connectivity index (χ2v) is 8.09. The summed E-state index contributed by atoms with van der Waals surface area (Å²) >= 11 is 1.45. The van der Waals surface area contributed by atoms with Gasteiger partial charge in [-0.3, -0.25) is 0 Å². The molecule has 0 radical (unpaired) electrons. The number of nitrogens with one attached hydrogen (secondary N) is 1. The van der Waals surface area contributed by atoms with Crippen LogP contribution in [-0.4, -0.2) is 19.7 Å². The topological polar surface area (TPSA) is 77.5 Å². The van der Waals surface area contributed by atoms with E-state index >= 15 is 0 Å². The molecule has 1 aromatic heterocycles. The molecule has 0 saturated heterocycles. The molecule has 0 spiro atoms. The van der Waals surface area contributed by atoms with E-state index in [0.29, 0.717) is 5.69 Å². The Morgan fingerprint density at radius 1 is 1.29 bits per heavy atom. The summed E-state index contributed by atoms with van der Waals surface area (Å²) < 4.78 is 61.4. The number of nitrogens with zero attached hydrogens (tertiary/aromatic N) is 1. The highest BCUT2D eigenvalue weighted by Gasteiger charge is 2.43. The third-order valence-electron chi connectivity index (χ3n) is 3.19. The Labute approximate surface area is 141 Å². The molecular formula is C14H14F2N2O4S2. The maximum Gasteiger partial charge on any atom is 0.586 e. The predicted molar refractivity (Wildman–Crippen MR) is 82.9 cm³/mol. The van der Waals surface area contributed by atoms with Crippen LogP contribution in [0.2, 0.25) is 0 Å². The number of thiazole rings is 1. The number of halogens is 2. The molecule has 1 aromatic carbocycles. The summed E-state index contributed by atoms with van der Waals surface area (Å²) in [5, 5.41) is 2.69. The minimum Gasteiger partial charge on any atom is -0.395 e. The van der Waals surface area contributed by atoms with Gasteiger partial charge in [0.2, 0.25) is 10.0 Å². The van der Waals surface area contributed by atoms with Crippen LogP contribution in [0.15, 0.2) is 28.5 Å². The average molecular weight is 376 g/mol. The number of fused-ring (bicyclic) bond motifs is 1. The fraction of sp³-hybridized carbons (Fsp3) is 0.357. The minimum absolute atomic E-state index is 0.0101. The fourth-order valence-electron chi connectivity index (χ4n) is 2.02. The Balaban J connectivity index is 1.74. The molecule has 0 atom stereocenters. The van der Waals surface area contributed by atoms with Gasteiger partial charge >= 0.3 is 6.29 Å². The lowest BCUT2D eigenvalue weighted by Crippen LogP contribution is -2.26. The van der Waals surface area contributed by atoms with Crippen molar-refractivity contribution in [3.05, 3.63) is 34.3 Å².